The average Bonchev–Trinajstić information content (AvgIpc) is 2.94. The first-order valence-corrected chi connectivity index (χ1v) is 7.76. The highest BCUT2D eigenvalue weighted by atomic mass is 16.6. The maximum atomic E-state index is 12.3. The number of rotatable bonds is 2. The van der Waals surface area contributed by atoms with Crippen molar-refractivity contribution in [2.24, 2.45) is 0 Å². The van der Waals surface area contributed by atoms with Gasteiger partial charge in [-0.05, 0) is 45.2 Å². The summed E-state index contributed by atoms with van der Waals surface area (Å²) in [5.74, 6) is 0. The van der Waals surface area contributed by atoms with Crippen molar-refractivity contribution in [1.29, 1.82) is 0 Å². The molecule has 1 saturated heterocycles. The molecule has 6 heteroatoms. The molecule has 126 valence electrons. The molecular formula is C17H24N2O4. The van der Waals surface area contributed by atoms with E-state index in [1.54, 1.807) is 7.05 Å². The predicted molar refractivity (Wildman–Crippen MR) is 87.8 cm³/mol. The van der Waals surface area contributed by atoms with Crippen LogP contribution in [0.15, 0.2) is 24.3 Å². The molecule has 1 aliphatic rings. The Morgan fingerprint density at radius 1 is 1.30 bits per heavy atom. The van der Waals surface area contributed by atoms with Crippen LogP contribution in [0.2, 0.25) is 0 Å². The number of hydrogen-bond acceptors (Lipinski definition) is 3. The number of carbonyl (C=O) groups excluding carboxylic acids is 1. The van der Waals surface area contributed by atoms with Crippen LogP contribution in [0.1, 0.15) is 45.2 Å². The van der Waals surface area contributed by atoms with Gasteiger partial charge in [-0.25, -0.2) is 9.59 Å². The summed E-state index contributed by atoms with van der Waals surface area (Å²) in [7, 11) is 1.65. The number of hydrogen-bond donors (Lipinski definition) is 1. The minimum atomic E-state index is -0.928. The zero-order chi connectivity index (χ0) is 17.2. The van der Waals surface area contributed by atoms with Crippen molar-refractivity contribution in [3.05, 3.63) is 29.8 Å². The molecule has 2 rings (SSSR count). The summed E-state index contributed by atoms with van der Waals surface area (Å²) in [4.78, 5) is 26.6. The highest BCUT2D eigenvalue weighted by Crippen LogP contribution is 2.37. The van der Waals surface area contributed by atoms with Gasteiger partial charge in [0.15, 0.2) is 0 Å². The molecular weight excluding hydrogens is 296 g/mol. The molecule has 23 heavy (non-hydrogen) atoms. The number of benzene rings is 1. The van der Waals surface area contributed by atoms with E-state index in [2.05, 4.69) is 0 Å². The second-order valence-corrected chi connectivity index (χ2v) is 6.73. The molecule has 0 bridgehead atoms. The fourth-order valence-electron chi connectivity index (χ4n) is 2.82. The van der Waals surface area contributed by atoms with E-state index in [0.29, 0.717) is 12.2 Å². The standard InChI is InChI=1S/C17H24N2O4/c1-17(2,3)23-16(22)18(4)13-9-6-5-8-12(13)14-10-7-11-19(14)15(20)21/h5-6,8-9,14H,7,10-11H2,1-4H3,(H,20,21). The fourth-order valence-corrected chi connectivity index (χ4v) is 2.82. The van der Waals surface area contributed by atoms with Crippen molar-refractivity contribution < 1.29 is 19.4 Å². The molecule has 0 aliphatic carbocycles. The van der Waals surface area contributed by atoms with Gasteiger partial charge in [0.2, 0.25) is 0 Å². The van der Waals surface area contributed by atoms with Crippen LogP contribution in [0.3, 0.4) is 0 Å². The van der Waals surface area contributed by atoms with Crippen LogP contribution in [0.4, 0.5) is 15.3 Å². The SMILES string of the molecule is CN(C(=O)OC(C)(C)C)c1ccccc1C1CCCN1C(=O)O. The number of anilines is 1. The summed E-state index contributed by atoms with van der Waals surface area (Å²) in [6.07, 6.45) is 0.194. The summed E-state index contributed by atoms with van der Waals surface area (Å²) in [6, 6.07) is 7.16. The van der Waals surface area contributed by atoms with Crippen LogP contribution in [0.5, 0.6) is 0 Å². The monoisotopic (exact) mass is 320 g/mol. The van der Waals surface area contributed by atoms with Gasteiger partial charge in [0, 0.05) is 13.6 Å². The van der Waals surface area contributed by atoms with Crippen molar-refractivity contribution in [3.8, 4) is 0 Å². The van der Waals surface area contributed by atoms with Gasteiger partial charge in [0.1, 0.15) is 5.60 Å². The molecule has 1 N–H and O–H groups in total. The lowest BCUT2D eigenvalue weighted by Crippen LogP contribution is -2.35. The third-order valence-corrected chi connectivity index (χ3v) is 3.82. The first-order valence-electron chi connectivity index (χ1n) is 7.76. The molecule has 1 atom stereocenters. The zero-order valence-corrected chi connectivity index (χ0v) is 14.1. The summed E-state index contributed by atoms with van der Waals surface area (Å²) in [5, 5.41) is 9.36. The molecule has 6 nitrogen and oxygen atoms in total. The second kappa shape index (κ2) is 6.48. The van der Waals surface area contributed by atoms with Crippen molar-refractivity contribution in [2.75, 3.05) is 18.5 Å². The van der Waals surface area contributed by atoms with E-state index in [1.807, 2.05) is 45.0 Å². The Morgan fingerprint density at radius 2 is 1.96 bits per heavy atom. The van der Waals surface area contributed by atoms with Gasteiger partial charge >= 0.3 is 12.2 Å². The topological polar surface area (TPSA) is 70.1 Å². The minimum Gasteiger partial charge on any atom is -0.465 e. The van der Waals surface area contributed by atoms with Crippen LogP contribution in [-0.4, -0.2) is 41.4 Å². The summed E-state index contributed by atoms with van der Waals surface area (Å²) in [5.41, 5.74) is 0.932. The molecule has 2 amide bonds. The Morgan fingerprint density at radius 3 is 2.57 bits per heavy atom. The Hall–Kier alpha value is -2.24. The van der Waals surface area contributed by atoms with Gasteiger partial charge in [0.25, 0.3) is 0 Å². The first kappa shape index (κ1) is 17.1. The fraction of sp³-hybridized carbons (Fsp3) is 0.529. The maximum absolute atomic E-state index is 12.3. The first-order chi connectivity index (χ1) is 10.7. The smallest absolute Gasteiger partial charge is 0.414 e. The van der Waals surface area contributed by atoms with Crippen LogP contribution in [0.25, 0.3) is 0 Å². The van der Waals surface area contributed by atoms with Crippen LogP contribution in [0, 0.1) is 0 Å². The third-order valence-electron chi connectivity index (χ3n) is 3.82. The summed E-state index contributed by atoms with van der Waals surface area (Å²) in [6.45, 7) is 5.96. The van der Waals surface area contributed by atoms with E-state index in [1.165, 1.54) is 9.80 Å². The van der Waals surface area contributed by atoms with E-state index in [4.69, 9.17) is 4.74 Å². The average molecular weight is 320 g/mol. The molecule has 1 unspecified atom stereocenters. The predicted octanol–water partition coefficient (Wildman–Crippen LogP) is 3.87. The van der Waals surface area contributed by atoms with Crippen LogP contribution < -0.4 is 4.90 Å². The van der Waals surface area contributed by atoms with Crippen LogP contribution >= 0.6 is 0 Å². The molecule has 1 aliphatic heterocycles. The second-order valence-electron chi connectivity index (χ2n) is 6.73. The number of carbonyl (C=O) groups is 2. The lowest BCUT2D eigenvalue weighted by Gasteiger charge is -2.29. The summed E-state index contributed by atoms with van der Waals surface area (Å²) >= 11 is 0. The van der Waals surface area contributed by atoms with Crippen molar-refractivity contribution in [2.45, 2.75) is 45.3 Å². The largest absolute Gasteiger partial charge is 0.465 e. The lowest BCUT2D eigenvalue weighted by molar-refractivity contribution is 0.0589. The van der Waals surface area contributed by atoms with Gasteiger partial charge in [-0.3, -0.25) is 4.90 Å². The van der Waals surface area contributed by atoms with E-state index < -0.39 is 17.8 Å². The quantitative estimate of drug-likeness (QED) is 0.898. The van der Waals surface area contributed by atoms with E-state index in [0.717, 1.165) is 18.4 Å². The molecule has 1 heterocycles. The molecule has 0 aromatic heterocycles. The van der Waals surface area contributed by atoms with E-state index >= 15 is 0 Å². The Balaban J connectivity index is 2.30. The normalized spacial score (nSPS) is 17.9. The van der Waals surface area contributed by atoms with Gasteiger partial charge in [0.05, 0.1) is 11.7 Å². The maximum Gasteiger partial charge on any atom is 0.414 e. The van der Waals surface area contributed by atoms with E-state index in [9.17, 15) is 14.7 Å². The molecule has 0 radical (unpaired) electrons. The van der Waals surface area contributed by atoms with Crippen LogP contribution in [-0.2, 0) is 4.74 Å². The minimum absolute atomic E-state index is 0.228. The Kier molecular flexibility index (Phi) is 4.82. The molecule has 1 fully saturated rings. The van der Waals surface area contributed by atoms with E-state index in [-0.39, 0.29) is 6.04 Å². The van der Waals surface area contributed by atoms with Gasteiger partial charge in [-0.15, -0.1) is 0 Å². The number of amides is 2. The Labute approximate surface area is 136 Å². The highest BCUT2D eigenvalue weighted by molar-refractivity contribution is 5.88. The van der Waals surface area contributed by atoms with Gasteiger partial charge in [-0.2, -0.15) is 0 Å². The van der Waals surface area contributed by atoms with Crippen molar-refractivity contribution in [1.82, 2.24) is 4.90 Å². The molecule has 0 spiro atoms. The van der Waals surface area contributed by atoms with Crippen molar-refractivity contribution >= 4 is 17.9 Å². The number of nitrogens with zero attached hydrogens (tertiary/aromatic N) is 2. The molecule has 1 aromatic rings. The summed E-state index contributed by atoms with van der Waals surface area (Å²) < 4.78 is 5.40. The number of carboxylic acid groups (broad SMARTS) is 1. The number of likely N-dealkylation sites (tertiary alicyclic amines) is 1. The molecule has 1 aromatic carbocycles. The third kappa shape index (κ3) is 3.94. The van der Waals surface area contributed by atoms with Crippen molar-refractivity contribution in [3.63, 3.8) is 0 Å². The molecule has 0 saturated carbocycles. The number of para-hydroxylation sites is 1. The number of ether oxygens (including phenoxy) is 1. The lowest BCUT2D eigenvalue weighted by atomic mass is 10.0. The van der Waals surface area contributed by atoms with Gasteiger partial charge in [-0.1, -0.05) is 18.2 Å². The zero-order valence-electron chi connectivity index (χ0n) is 14.1. The Bertz CT molecular complexity index is 595. The van der Waals surface area contributed by atoms with Gasteiger partial charge < -0.3 is 14.7 Å². The highest BCUT2D eigenvalue weighted by Gasteiger charge is 2.33.